The molecule has 1 aromatic rings. The summed E-state index contributed by atoms with van der Waals surface area (Å²) in [4.78, 5) is 13.4. The number of nitrogens with one attached hydrogen (secondary N) is 1. The van der Waals surface area contributed by atoms with E-state index < -0.39 is 6.36 Å². The number of amides is 1. The Morgan fingerprint density at radius 1 is 1.40 bits per heavy atom. The maximum absolute atomic E-state index is 12.2. The first kappa shape index (κ1) is 14.5. The first-order chi connectivity index (χ1) is 9.40. The highest BCUT2D eigenvalue weighted by atomic mass is 19.4. The predicted molar refractivity (Wildman–Crippen MR) is 68.9 cm³/mol. The minimum atomic E-state index is -4.74. The molecule has 1 N–H and O–H groups in total. The fourth-order valence-electron chi connectivity index (χ4n) is 2.04. The predicted octanol–water partition coefficient (Wildman–Crippen LogP) is 3.14. The second-order valence-corrected chi connectivity index (χ2v) is 4.48. The maximum atomic E-state index is 12.2. The molecule has 1 aromatic carbocycles. The van der Waals surface area contributed by atoms with Gasteiger partial charge in [0, 0.05) is 12.6 Å². The van der Waals surface area contributed by atoms with Crippen LogP contribution < -0.4 is 15.0 Å². The van der Waals surface area contributed by atoms with Crippen molar-refractivity contribution in [2.75, 3.05) is 23.3 Å². The molecule has 1 heterocycles. The third-order valence-corrected chi connectivity index (χ3v) is 2.96. The lowest BCUT2D eigenvalue weighted by Crippen LogP contribution is -2.40. The molecule has 0 spiro atoms. The van der Waals surface area contributed by atoms with Crippen LogP contribution in [0.5, 0.6) is 5.75 Å². The Balaban J connectivity index is 2.28. The molecule has 0 aromatic heterocycles. The number of anilines is 2. The van der Waals surface area contributed by atoms with E-state index in [0.717, 1.165) is 12.8 Å². The molecule has 0 saturated carbocycles. The zero-order valence-corrected chi connectivity index (χ0v) is 11.0. The number of hydrogen-bond acceptors (Lipinski definition) is 3. The minimum absolute atomic E-state index is 0.149. The Hall–Kier alpha value is -1.92. The molecule has 0 fully saturated rings. The lowest BCUT2D eigenvalue weighted by Gasteiger charge is -2.30. The fourth-order valence-corrected chi connectivity index (χ4v) is 2.04. The summed E-state index contributed by atoms with van der Waals surface area (Å²) < 4.78 is 40.6. The Kier molecular flexibility index (Phi) is 4.06. The van der Waals surface area contributed by atoms with Gasteiger partial charge in [-0.05, 0) is 18.6 Å². The number of carbonyl (C=O) groups excluding carboxylic acids is 1. The number of nitrogens with zero attached hydrogens (tertiary/aromatic N) is 1. The number of benzene rings is 1. The molecule has 1 aliphatic rings. The summed E-state index contributed by atoms with van der Waals surface area (Å²) in [6.07, 6.45) is -3.06. The first-order valence-corrected chi connectivity index (χ1v) is 6.35. The summed E-state index contributed by atoms with van der Waals surface area (Å²) in [7, 11) is 0. The van der Waals surface area contributed by atoms with E-state index in [1.54, 1.807) is 0 Å². The van der Waals surface area contributed by atoms with Crippen LogP contribution in [-0.2, 0) is 4.79 Å². The third kappa shape index (κ3) is 3.34. The second kappa shape index (κ2) is 5.60. The van der Waals surface area contributed by atoms with Crippen molar-refractivity contribution in [2.45, 2.75) is 26.1 Å². The second-order valence-electron chi connectivity index (χ2n) is 4.48. The summed E-state index contributed by atoms with van der Waals surface area (Å²) in [5, 5.41) is 2.88. The number of halogens is 3. The zero-order valence-electron chi connectivity index (χ0n) is 11.0. The number of unbranched alkanes of at least 4 members (excludes halogenated alkanes) is 1. The van der Waals surface area contributed by atoms with E-state index in [9.17, 15) is 18.0 Å². The molecule has 2 rings (SSSR count). The zero-order chi connectivity index (χ0) is 14.8. The van der Waals surface area contributed by atoms with Crippen molar-refractivity contribution >= 4 is 17.3 Å². The van der Waals surface area contributed by atoms with E-state index in [-0.39, 0.29) is 18.2 Å². The van der Waals surface area contributed by atoms with Gasteiger partial charge in [0.2, 0.25) is 5.91 Å². The van der Waals surface area contributed by atoms with E-state index in [1.807, 2.05) is 6.92 Å². The minimum Gasteiger partial charge on any atom is -0.406 e. The number of rotatable bonds is 4. The highest BCUT2D eigenvalue weighted by Crippen LogP contribution is 2.35. The fraction of sp³-hybridized carbons (Fsp3) is 0.462. The van der Waals surface area contributed by atoms with Crippen LogP contribution in [0, 0.1) is 0 Å². The molecule has 7 heteroatoms. The van der Waals surface area contributed by atoms with Crippen molar-refractivity contribution in [3.63, 3.8) is 0 Å². The van der Waals surface area contributed by atoms with E-state index in [1.165, 1.54) is 23.1 Å². The summed E-state index contributed by atoms with van der Waals surface area (Å²) in [6, 6.07) is 3.96. The highest BCUT2D eigenvalue weighted by Gasteiger charge is 2.32. The number of alkyl halides is 3. The Morgan fingerprint density at radius 2 is 2.15 bits per heavy atom. The Bertz CT molecular complexity index is 503. The van der Waals surface area contributed by atoms with Gasteiger partial charge in [-0.2, -0.15) is 0 Å². The molecule has 1 aliphatic heterocycles. The van der Waals surface area contributed by atoms with Gasteiger partial charge in [-0.25, -0.2) is 0 Å². The Morgan fingerprint density at radius 3 is 2.80 bits per heavy atom. The van der Waals surface area contributed by atoms with Gasteiger partial charge >= 0.3 is 6.36 Å². The molecule has 0 unspecified atom stereocenters. The summed E-state index contributed by atoms with van der Waals surface area (Å²) in [5.41, 5.74) is 1.06. The normalized spacial score (nSPS) is 14.8. The third-order valence-electron chi connectivity index (χ3n) is 2.96. The average Bonchev–Trinajstić information content (AvgIpc) is 2.36. The van der Waals surface area contributed by atoms with Crippen molar-refractivity contribution in [1.29, 1.82) is 0 Å². The number of hydrogen-bond donors (Lipinski definition) is 1. The van der Waals surface area contributed by atoms with Crippen LogP contribution in [0.3, 0.4) is 0 Å². The van der Waals surface area contributed by atoms with Crippen LogP contribution in [0.15, 0.2) is 18.2 Å². The van der Waals surface area contributed by atoms with E-state index in [2.05, 4.69) is 10.1 Å². The van der Waals surface area contributed by atoms with Gasteiger partial charge in [0.05, 0.1) is 17.9 Å². The van der Waals surface area contributed by atoms with Crippen LogP contribution in [0.4, 0.5) is 24.5 Å². The molecule has 110 valence electrons. The van der Waals surface area contributed by atoms with Crippen molar-refractivity contribution in [3.05, 3.63) is 18.2 Å². The molecule has 4 nitrogen and oxygen atoms in total. The largest absolute Gasteiger partial charge is 0.573 e. The van der Waals surface area contributed by atoms with Crippen LogP contribution in [0.2, 0.25) is 0 Å². The molecule has 0 aliphatic carbocycles. The van der Waals surface area contributed by atoms with Crippen molar-refractivity contribution in [3.8, 4) is 5.75 Å². The van der Waals surface area contributed by atoms with Crippen molar-refractivity contribution in [2.24, 2.45) is 0 Å². The molecule has 0 saturated heterocycles. The van der Waals surface area contributed by atoms with E-state index in [0.29, 0.717) is 17.9 Å². The number of fused-ring (bicyclic) bond motifs is 1. The van der Waals surface area contributed by atoms with Crippen molar-refractivity contribution < 1.29 is 22.7 Å². The quantitative estimate of drug-likeness (QED) is 0.925. The molecule has 0 atom stereocenters. The van der Waals surface area contributed by atoms with Crippen LogP contribution in [0.25, 0.3) is 0 Å². The molecule has 20 heavy (non-hydrogen) atoms. The van der Waals surface area contributed by atoms with Crippen LogP contribution in [-0.4, -0.2) is 25.4 Å². The number of ether oxygens (including phenoxy) is 1. The average molecular weight is 288 g/mol. The van der Waals surface area contributed by atoms with Gasteiger partial charge in [-0.15, -0.1) is 13.2 Å². The summed E-state index contributed by atoms with van der Waals surface area (Å²) in [6.45, 7) is 2.62. The first-order valence-electron chi connectivity index (χ1n) is 6.35. The van der Waals surface area contributed by atoms with E-state index in [4.69, 9.17) is 0 Å². The molecular weight excluding hydrogens is 273 g/mol. The Labute approximate surface area is 114 Å². The number of carbonyl (C=O) groups is 1. The summed E-state index contributed by atoms with van der Waals surface area (Å²) in [5.74, 6) is -0.482. The molecule has 0 bridgehead atoms. The summed E-state index contributed by atoms with van der Waals surface area (Å²) >= 11 is 0. The standard InChI is InChI=1S/C13H15F3N2O2/c1-2-3-6-18-11-7-9(20-13(14,15)16)4-5-10(11)17-8-12(18)19/h4-5,7,17H,2-3,6,8H2,1H3. The van der Waals surface area contributed by atoms with Gasteiger partial charge in [-0.3, -0.25) is 4.79 Å². The van der Waals surface area contributed by atoms with Gasteiger partial charge in [0.1, 0.15) is 5.75 Å². The van der Waals surface area contributed by atoms with Crippen LogP contribution >= 0.6 is 0 Å². The molecular formula is C13H15F3N2O2. The topological polar surface area (TPSA) is 41.6 Å². The van der Waals surface area contributed by atoms with E-state index >= 15 is 0 Å². The van der Waals surface area contributed by atoms with Gasteiger partial charge in [0.15, 0.2) is 0 Å². The SMILES string of the molecule is CCCCN1C(=O)CNc2ccc(OC(F)(F)F)cc21. The smallest absolute Gasteiger partial charge is 0.406 e. The van der Waals surface area contributed by atoms with Crippen molar-refractivity contribution in [1.82, 2.24) is 0 Å². The lowest BCUT2D eigenvalue weighted by molar-refractivity contribution is -0.274. The van der Waals surface area contributed by atoms with Crippen LogP contribution in [0.1, 0.15) is 19.8 Å². The maximum Gasteiger partial charge on any atom is 0.573 e. The lowest BCUT2D eigenvalue weighted by atomic mass is 10.1. The van der Waals surface area contributed by atoms with Gasteiger partial charge in [0.25, 0.3) is 0 Å². The molecule has 1 amide bonds. The highest BCUT2D eigenvalue weighted by molar-refractivity contribution is 6.02. The van der Waals surface area contributed by atoms with Gasteiger partial charge < -0.3 is 15.0 Å². The van der Waals surface area contributed by atoms with Gasteiger partial charge in [-0.1, -0.05) is 13.3 Å². The monoisotopic (exact) mass is 288 g/mol. The molecule has 0 radical (unpaired) electrons.